The van der Waals surface area contributed by atoms with Gasteiger partial charge in [-0.25, -0.2) is 0 Å². The van der Waals surface area contributed by atoms with Gasteiger partial charge < -0.3 is 14.8 Å². The zero-order valence-electron chi connectivity index (χ0n) is 12.4. The third-order valence-electron chi connectivity index (χ3n) is 3.00. The molecule has 0 aromatic heterocycles. The smallest absolute Gasteiger partial charge is 0.133 e. The van der Waals surface area contributed by atoms with E-state index in [1.807, 2.05) is 37.4 Å². The molecule has 1 N–H and O–H groups in total. The molecule has 21 heavy (non-hydrogen) atoms. The van der Waals surface area contributed by atoms with Gasteiger partial charge in [0.1, 0.15) is 24.7 Å². The maximum absolute atomic E-state index is 5.69. The van der Waals surface area contributed by atoms with Crippen LogP contribution in [0.5, 0.6) is 11.5 Å². The van der Waals surface area contributed by atoms with Crippen LogP contribution in [0.4, 0.5) is 0 Å². The zero-order valence-corrected chi connectivity index (χ0v) is 13.9. The summed E-state index contributed by atoms with van der Waals surface area (Å²) in [6.07, 6.45) is 0. The highest BCUT2D eigenvalue weighted by molar-refractivity contribution is 9.10. The second kappa shape index (κ2) is 8.05. The minimum atomic E-state index is 0.514. The van der Waals surface area contributed by atoms with Crippen LogP contribution in [-0.2, 0) is 6.54 Å². The number of benzene rings is 2. The van der Waals surface area contributed by atoms with Gasteiger partial charge in [0, 0.05) is 6.54 Å². The highest BCUT2D eigenvalue weighted by Gasteiger charge is 2.01. The second-order valence-electron chi connectivity index (χ2n) is 4.81. The summed E-state index contributed by atoms with van der Waals surface area (Å²) in [6, 6.07) is 14.1. The minimum Gasteiger partial charge on any atom is -0.490 e. The van der Waals surface area contributed by atoms with Crippen molar-refractivity contribution in [3.8, 4) is 11.5 Å². The van der Waals surface area contributed by atoms with Gasteiger partial charge in [0.05, 0.1) is 4.47 Å². The predicted octanol–water partition coefficient (Wildman–Crippen LogP) is 3.93. The standard InChI is InChI=1S/C17H20BrNO2/c1-13-3-8-17(16(18)11-13)21-10-9-20-15-6-4-14(5-7-15)12-19-2/h3-8,11,19H,9-10,12H2,1-2H3. The first-order valence-electron chi connectivity index (χ1n) is 6.94. The van der Waals surface area contributed by atoms with Gasteiger partial charge in [-0.1, -0.05) is 18.2 Å². The van der Waals surface area contributed by atoms with Crippen LogP contribution in [-0.4, -0.2) is 20.3 Å². The number of aryl methyl sites for hydroxylation is 1. The van der Waals surface area contributed by atoms with Gasteiger partial charge in [0.2, 0.25) is 0 Å². The molecule has 0 radical (unpaired) electrons. The Morgan fingerprint density at radius 3 is 2.38 bits per heavy atom. The summed E-state index contributed by atoms with van der Waals surface area (Å²) in [6.45, 7) is 3.95. The lowest BCUT2D eigenvalue weighted by Crippen LogP contribution is -2.09. The summed E-state index contributed by atoms with van der Waals surface area (Å²) in [5.41, 5.74) is 2.44. The van der Waals surface area contributed by atoms with E-state index in [9.17, 15) is 0 Å². The van der Waals surface area contributed by atoms with Crippen molar-refractivity contribution in [2.75, 3.05) is 20.3 Å². The van der Waals surface area contributed by atoms with Gasteiger partial charge in [-0.15, -0.1) is 0 Å². The van der Waals surface area contributed by atoms with Crippen molar-refractivity contribution < 1.29 is 9.47 Å². The molecular formula is C17H20BrNO2. The molecule has 0 saturated heterocycles. The van der Waals surface area contributed by atoms with Crippen molar-refractivity contribution in [2.24, 2.45) is 0 Å². The van der Waals surface area contributed by atoms with E-state index in [0.717, 1.165) is 22.5 Å². The third kappa shape index (κ3) is 5.06. The highest BCUT2D eigenvalue weighted by atomic mass is 79.9. The molecule has 0 amide bonds. The Kier molecular flexibility index (Phi) is 6.08. The Balaban J connectivity index is 1.76. The first-order valence-corrected chi connectivity index (χ1v) is 7.73. The van der Waals surface area contributed by atoms with Gasteiger partial charge in [0.25, 0.3) is 0 Å². The SMILES string of the molecule is CNCc1ccc(OCCOc2ccc(C)cc2Br)cc1. The summed E-state index contributed by atoms with van der Waals surface area (Å²) in [7, 11) is 1.94. The van der Waals surface area contributed by atoms with Crippen molar-refractivity contribution in [1.29, 1.82) is 0 Å². The third-order valence-corrected chi connectivity index (χ3v) is 3.62. The Morgan fingerprint density at radius 1 is 1.00 bits per heavy atom. The fraction of sp³-hybridized carbons (Fsp3) is 0.294. The van der Waals surface area contributed by atoms with Crippen LogP contribution in [0.3, 0.4) is 0 Å². The molecule has 0 aliphatic rings. The lowest BCUT2D eigenvalue weighted by Gasteiger charge is -2.10. The topological polar surface area (TPSA) is 30.5 Å². The molecule has 0 aliphatic heterocycles. The molecule has 0 bridgehead atoms. The van der Waals surface area contributed by atoms with Crippen LogP contribution in [0, 0.1) is 6.92 Å². The average Bonchev–Trinajstić information content (AvgIpc) is 2.47. The first-order chi connectivity index (χ1) is 10.2. The van der Waals surface area contributed by atoms with E-state index in [-0.39, 0.29) is 0 Å². The number of ether oxygens (including phenoxy) is 2. The van der Waals surface area contributed by atoms with E-state index in [0.29, 0.717) is 13.2 Å². The lowest BCUT2D eigenvalue weighted by molar-refractivity contribution is 0.216. The predicted molar refractivity (Wildman–Crippen MR) is 89.1 cm³/mol. The fourth-order valence-electron chi connectivity index (χ4n) is 1.94. The molecule has 3 nitrogen and oxygen atoms in total. The average molecular weight is 350 g/mol. The summed E-state index contributed by atoms with van der Waals surface area (Å²) in [4.78, 5) is 0. The van der Waals surface area contributed by atoms with E-state index in [2.05, 4.69) is 40.3 Å². The van der Waals surface area contributed by atoms with Crippen LogP contribution in [0.25, 0.3) is 0 Å². The number of nitrogens with one attached hydrogen (secondary N) is 1. The van der Waals surface area contributed by atoms with Crippen molar-refractivity contribution in [2.45, 2.75) is 13.5 Å². The van der Waals surface area contributed by atoms with Crippen LogP contribution >= 0.6 is 15.9 Å². The molecule has 2 rings (SSSR count). The van der Waals surface area contributed by atoms with E-state index >= 15 is 0 Å². The first kappa shape index (κ1) is 15.9. The molecule has 2 aromatic carbocycles. The van der Waals surface area contributed by atoms with E-state index in [1.54, 1.807) is 0 Å². The van der Waals surface area contributed by atoms with Crippen LogP contribution < -0.4 is 14.8 Å². The van der Waals surface area contributed by atoms with Gasteiger partial charge in [-0.05, 0) is 65.3 Å². The molecule has 0 atom stereocenters. The lowest BCUT2D eigenvalue weighted by atomic mass is 10.2. The maximum Gasteiger partial charge on any atom is 0.133 e. The van der Waals surface area contributed by atoms with Crippen molar-refractivity contribution >= 4 is 15.9 Å². The Labute approximate surface area is 134 Å². The number of rotatable bonds is 7. The summed E-state index contributed by atoms with van der Waals surface area (Å²) >= 11 is 3.50. The molecule has 0 unspecified atom stereocenters. The van der Waals surface area contributed by atoms with Gasteiger partial charge >= 0.3 is 0 Å². The zero-order chi connectivity index (χ0) is 15.1. The summed E-state index contributed by atoms with van der Waals surface area (Å²) < 4.78 is 12.3. The van der Waals surface area contributed by atoms with E-state index < -0.39 is 0 Å². The number of hydrogen-bond acceptors (Lipinski definition) is 3. The minimum absolute atomic E-state index is 0.514. The maximum atomic E-state index is 5.69. The van der Waals surface area contributed by atoms with Gasteiger partial charge in [-0.2, -0.15) is 0 Å². The van der Waals surface area contributed by atoms with Crippen molar-refractivity contribution in [3.63, 3.8) is 0 Å². The highest BCUT2D eigenvalue weighted by Crippen LogP contribution is 2.25. The van der Waals surface area contributed by atoms with Gasteiger partial charge in [0.15, 0.2) is 0 Å². The molecule has 112 valence electrons. The largest absolute Gasteiger partial charge is 0.490 e. The Bertz CT molecular complexity index is 570. The molecule has 0 fully saturated rings. The molecular weight excluding hydrogens is 330 g/mol. The summed E-state index contributed by atoms with van der Waals surface area (Å²) in [5.74, 6) is 1.70. The van der Waals surface area contributed by atoms with Crippen LogP contribution in [0.2, 0.25) is 0 Å². The summed E-state index contributed by atoms with van der Waals surface area (Å²) in [5, 5.41) is 3.12. The fourth-order valence-corrected chi connectivity index (χ4v) is 2.55. The quantitative estimate of drug-likeness (QED) is 0.768. The van der Waals surface area contributed by atoms with Crippen molar-refractivity contribution in [3.05, 3.63) is 58.1 Å². The molecule has 0 aliphatic carbocycles. The second-order valence-corrected chi connectivity index (χ2v) is 5.66. The van der Waals surface area contributed by atoms with Crippen molar-refractivity contribution in [1.82, 2.24) is 5.32 Å². The number of halogens is 1. The normalized spacial score (nSPS) is 10.4. The molecule has 2 aromatic rings. The monoisotopic (exact) mass is 349 g/mol. The van der Waals surface area contributed by atoms with Gasteiger partial charge in [-0.3, -0.25) is 0 Å². The van der Waals surface area contributed by atoms with E-state index in [4.69, 9.17) is 9.47 Å². The Morgan fingerprint density at radius 2 is 1.71 bits per heavy atom. The van der Waals surface area contributed by atoms with Crippen LogP contribution in [0.15, 0.2) is 46.9 Å². The van der Waals surface area contributed by atoms with Crippen LogP contribution in [0.1, 0.15) is 11.1 Å². The molecule has 4 heteroatoms. The van der Waals surface area contributed by atoms with E-state index in [1.165, 1.54) is 11.1 Å². The number of hydrogen-bond donors (Lipinski definition) is 1. The molecule has 0 heterocycles. The Hall–Kier alpha value is -1.52. The molecule has 0 saturated carbocycles. The molecule has 0 spiro atoms.